The van der Waals surface area contributed by atoms with E-state index in [4.69, 9.17) is 4.74 Å². The van der Waals surface area contributed by atoms with Gasteiger partial charge in [-0.2, -0.15) is 0 Å². The van der Waals surface area contributed by atoms with E-state index in [0.29, 0.717) is 0 Å². The molecule has 5 amide bonds. The largest absolute Gasteiger partial charge is 0.449 e. The fraction of sp³-hybridized carbons (Fsp3) is 0.375. The number of carbonyl (C=O) groups is 4. The van der Waals surface area contributed by atoms with E-state index in [9.17, 15) is 19.2 Å². The fourth-order valence-corrected chi connectivity index (χ4v) is 1.74. The third-order valence-electron chi connectivity index (χ3n) is 2.93. The highest BCUT2D eigenvalue weighted by molar-refractivity contribution is 6.02. The number of para-hydroxylation sites is 1. The second-order valence-electron chi connectivity index (χ2n) is 5.41. The normalized spacial score (nSPS) is 11.2. The number of urea groups is 2. The summed E-state index contributed by atoms with van der Waals surface area (Å²) in [6.45, 7) is 4.93. The monoisotopic (exact) mass is 350 g/mol. The smallest absolute Gasteiger partial charge is 0.341 e. The molecule has 0 aromatic heterocycles. The van der Waals surface area contributed by atoms with Gasteiger partial charge in [0.2, 0.25) is 0 Å². The summed E-state index contributed by atoms with van der Waals surface area (Å²) in [7, 11) is 1.35. The molecule has 0 saturated heterocycles. The highest BCUT2D eigenvalue weighted by atomic mass is 16.5. The third kappa shape index (κ3) is 6.50. The van der Waals surface area contributed by atoms with Crippen molar-refractivity contribution < 1.29 is 23.9 Å². The van der Waals surface area contributed by atoms with Gasteiger partial charge in [0.1, 0.15) is 0 Å². The lowest BCUT2D eigenvalue weighted by Crippen LogP contribution is -2.43. The summed E-state index contributed by atoms with van der Waals surface area (Å²) in [4.78, 5) is 46.9. The van der Waals surface area contributed by atoms with E-state index in [2.05, 4.69) is 16.0 Å². The average molecular weight is 350 g/mol. The van der Waals surface area contributed by atoms with Crippen molar-refractivity contribution in [1.82, 2.24) is 16.0 Å². The summed E-state index contributed by atoms with van der Waals surface area (Å²) >= 11 is 0. The second-order valence-corrected chi connectivity index (χ2v) is 5.41. The van der Waals surface area contributed by atoms with Crippen LogP contribution in [0.15, 0.2) is 24.3 Å². The third-order valence-corrected chi connectivity index (χ3v) is 2.93. The van der Waals surface area contributed by atoms with Gasteiger partial charge < -0.3 is 20.7 Å². The molecule has 0 fully saturated rings. The first-order chi connectivity index (χ1) is 11.7. The number of carbonyl (C=O) groups excluding carboxylic acids is 4. The van der Waals surface area contributed by atoms with Crippen LogP contribution in [-0.4, -0.2) is 43.1 Å². The highest BCUT2D eigenvalue weighted by Crippen LogP contribution is 2.17. The zero-order valence-corrected chi connectivity index (χ0v) is 14.5. The lowest BCUT2D eigenvalue weighted by molar-refractivity contribution is -0.127. The van der Waals surface area contributed by atoms with E-state index < -0.39 is 30.0 Å². The molecule has 9 heteroatoms. The van der Waals surface area contributed by atoms with Crippen LogP contribution < -0.4 is 21.3 Å². The molecule has 25 heavy (non-hydrogen) atoms. The Balaban J connectivity index is 2.80. The van der Waals surface area contributed by atoms with Crippen molar-refractivity contribution in [3.63, 3.8) is 0 Å². The van der Waals surface area contributed by atoms with Gasteiger partial charge in [-0.25, -0.2) is 14.4 Å². The number of benzene rings is 1. The lowest BCUT2D eigenvalue weighted by atomic mass is 10.2. The van der Waals surface area contributed by atoms with Crippen LogP contribution >= 0.6 is 0 Å². The zero-order valence-electron chi connectivity index (χ0n) is 14.5. The van der Waals surface area contributed by atoms with E-state index in [0.717, 1.165) is 0 Å². The van der Waals surface area contributed by atoms with Crippen LogP contribution in [0, 0.1) is 0 Å². The predicted octanol–water partition coefficient (Wildman–Crippen LogP) is 1.22. The molecular weight excluding hydrogens is 328 g/mol. The molecule has 0 aliphatic rings. The highest BCUT2D eigenvalue weighted by Gasteiger charge is 2.22. The zero-order chi connectivity index (χ0) is 19.0. The summed E-state index contributed by atoms with van der Waals surface area (Å²) in [5.41, 5.74) is 0.325. The molecule has 1 aromatic carbocycles. The maximum Gasteiger partial charge on any atom is 0.341 e. The molecule has 136 valence electrons. The molecule has 0 radical (unpaired) electrons. The number of hydrogen-bond acceptors (Lipinski definition) is 5. The maximum absolute atomic E-state index is 12.3. The van der Waals surface area contributed by atoms with Gasteiger partial charge in [-0.1, -0.05) is 12.1 Å². The molecule has 0 aliphatic carbocycles. The van der Waals surface area contributed by atoms with Crippen LogP contribution in [0.2, 0.25) is 0 Å². The number of ether oxygens (including phenoxy) is 1. The molecule has 0 bridgehead atoms. The topological polar surface area (TPSA) is 126 Å². The van der Waals surface area contributed by atoms with E-state index in [1.807, 2.05) is 5.32 Å². The van der Waals surface area contributed by atoms with E-state index in [1.165, 1.54) is 26.1 Å². The fourth-order valence-electron chi connectivity index (χ4n) is 1.74. The van der Waals surface area contributed by atoms with E-state index >= 15 is 0 Å². The van der Waals surface area contributed by atoms with Crippen molar-refractivity contribution in [2.24, 2.45) is 0 Å². The Morgan fingerprint density at radius 2 is 1.64 bits per heavy atom. The first-order valence-corrected chi connectivity index (χ1v) is 7.64. The average Bonchev–Trinajstić information content (AvgIpc) is 2.54. The standard InChI is InChI=1S/C16H22N4O5/c1-9(2)18-16(24)19-12-8-6-5-7-11(12)14(22)25-10(3)13(21)20-15(23)17-4/h5-10H,1-4H3,(H2,18,19,24)(H2,17,20,21,23)/t10-/m1/s1. The van der Waals surface area contributed by atoms with Crippen LogP contribution in [0.5, 0.6) is 0 Å². The van der Waals surface area contributed by atoms with Gasteiger partial charge in [0.05, 0.1) is 11.3 Å². The molecule has 1 aromatic rings. The Morgan fingerprint density at radius 3 is 2.24 bits per heavy atom. The summed E-state index contributed by atoms with van der Waals surface area (Å²) in [5.74, 6) is -1.57. The summed E-state index contributed by atoms with van der Waals surface area (Å²) < 4.78 is 5.04. The van der Waals surface area contributed by atoms with Gasteiger partial charge in [-0.05, 0) is 32.9 Å². The Hall–Kier alpha value is -3.10. The Kier molecular flexibility index (Phi) is 7.39. The number of hydrogen-bond donors (Lipinski definition) is 4. The lowest BCUT2D eigenvalue weighted by Gasteiger charge is -2.15. The molecule has 0 spiro atoms. The molecule has 0 saturated carbocycles. The van der Waals surface area contributed by atoms with Crippen molar-refractivity contribution in [1.29, 1.82) is 0 Å². The number of rotatable bonds is 5. The van der Waals surface area contributed by atoms with Crippen LogP contribution in [0.25, 0.3) is 0 Å². The number of amides is 5. The number of esters is 1. The second kappa shape index (κ2) is 9.26. The van der Waals surface area contributed by atoms with Gasteiger partial charge in [0.25, 0.3) is 5.91 Å². The van der Waals surface area contributed by atoms with Gasteiger partial charge >= 0.3 is 18.0 Å². The van der Waals surface area contributed by atoms with Gasteiger partial charge in [0.15, 0.2) is 6.10 Å². The SMILES string of the molecule is CNC(=O)NC(=O)[C@@H](C)OC(=O)c1ccccc1NC(=O)NC(C)C. The minimum atomic E-state index is -1.19. The predicted molar refractivity (Wildman–Crippen MR) is 91.2 cm³/mol. The Labute approximate surface area is 145 Å². The summed E-state index contributed by atoms with van der Waals surface area (Å²) in [5, 5.41) is 9.41. The van der Waals surface area contributed by atoms with Gasteiger partial charge in [-0.15, -0.1) is 0 Å². The van der Waals surface area contributed by atoms with Crippen molar-refractivity contribution in [3.05, 3.63) is 29.8 Å². The molecule has 9 nitrogen and oxygen atoms in total. The van der Waals surface area contributed by atoms with Gasteiger partial charge in [-0.3, -0.25) is 10.1 Å². The van der Waals surface area contributed by atoms with Crippen LogP contribution in [0.1, 0.15) is 31.1 Å². The minimum Gasteiger partial charge on any atom is -0.449 e. The van der Waals surface area contributed by atoms with Crippen molar-refractivity contribution in [2.45, 2.75) is 32.9 Å². The number of nitrogens with one attached hydrogen (secondary N) is 4. The van der Waals surface area contributed by atoms with Crippen molar-refractivity contribution in [3.8, 4) is 0 Å². The quantitative estimate of drug-likeness (QED) is 0.594. The molecule has 0 heterocycles. The van der Waals surface area contributed by atoms with Crippen LogP contribution in [0.4, 0.5) is 15.3 Å². The molecule has 0 unspecified atom stereocenters. The molecule has 1 atom stereocenters. The van der Waals surface area contributed by atoms with Crippen LogP contribution in [0.3, 0.4) is 0 Å². The Bertz CT molecular complexity index is 660. The van der Waals surface area contributed by atoms with Crippen molar-refractivity contribution >= 4 is 29.6 Å². The first-order valence-electron chi connectivity index (χ1n) is 7.64. The van der Waals surface area contributed by atoms with E-state index in [1.54, 1.807) is 26.0 Å². The molecule has 0 aliphatic heterocycles. The van der Waals surface area contributed by atoms with Crippen LogP contribution in [-0.2, 0) is 9.53 Å². The molecule has 4 N–H and O–H groups in total. The summed E-state index contributed by atoms with van der Waals surface area (Å²) in [6, 6.07) is 4.97. The minimum absolute atomic E-state index is 0.0763. The maximum atomic E-state index is 12.3. The number of imide groups is 1. The van der Waals surface area contributed by atoms with E-state index in [-0.39, 0.29) is 17.3 Å². The Morgan fingerprint density at radius 1 is 1.00 bits per heavy atom. The molecule has 1 rings (SSSR count). The van der Waals surface area contributed by atoms with Gasteiger partial charge in [0, 0.05) is 13.1 Å². The first kappa shape index (κ1) is 19.9. The number of anilines is 1. The molecular formula is C16H22N4O5. The van der Waals surface area contributed by atoms with Crippen molar-refractivity contribution in [2.75, 3.05) is 12.4 Å². The summed E-state index contributed by atoms with van der Waals surface area (Å²) in [6.07, 6.45) is -1.19.